The molecule has 3 heteroatoms. The van der Waals surface area contributed by atoms with E-state index in [4.69, 9.17) is 10.3 Å². The average molecular weight is 608 g/mol. The number of rotatable bonds is 8. The third kappa shape index (κ3) is 18.1. The molecule has 0 aliphatic carbocycles. The summed E-state index contributed by atoms with van der Waals surface area (Å²) in [5.74, 6) is 1.75. The van der Waals surface area contributed by atoms with Crippen molar-refractivity contribution in [2.45, 2.75) is 134 Å². The van der Waals surface area contributed by atoms with Crippen LogP contribution in [0, 0.1) is 24.7 Å². The second-order valence-electron chi connectivity index (χ2n) is 15.0. The molecule has 2 aromatic carbocycles. The van der Waals surface area contributed by atoms with Crippen molar-refractivity contribution in [3.8, 4) is 0 Å². The molecule has 0 spiro atoms. The maximum atomic E-state index is 5.08. The first-order valence-corrected chi connectivity index (χ1v) is 15.4. The number of allylic oxidation sites excluding steroid dienone is 2. The van der Waals surface area contributed by atoms with Crippen molar-refractivity contribution in [2.75, 3.05) is 0 Å². The molecule has 0 N–H and O–H groups in total. The Hall–Kier alpha value is -1.64. The summed E-state index contributed by atoms with van der Waals surface area (Å²) in [7, 11) is 0. The van der Waals surface area contributed by atoms with Gasteiger partial charge in [0.2, 0.25) is 0 Å². The summed E-state index contributed by atoms with van der Waals surface area (Å²) in [5, 5.41) is 5.08. The molecule has 233 valence electrons. The van der Waals surface area contributed by atoms with Crippen molar-refractivity contribution in [2.24, 2.45) is 15.8 Å². The number of nitrogens with zero attached hydrogens (tertiary/aromatic N) is 2. The zero-order chi connectivity index (χ0) is 32.3. The Morgan fingerprint density at radius 3 is 1.21 bits per heavy atom. The molecule has 1 radical (unpaired) electrons. The normalized spacial score (nSPS) is 12.5. The van der Waals surface area contributed by atoms with Gasteiger partial charge >= 0.3 is 21.7 Å². The van der Waals surface area contributed by atoms with E-state index < -0.39 is 0 Å². The molecule has 0 amide bonds. The zero-order valence-corrected chi connectivity index (χ0v) is 31.7. The van der Waals surface area contributed by atoms with E-state index in [1.165, 1.54) is 22.3 Å². The molecule has 0 atom stereocenters. The predicted octanol–water partition coefficient (Wildman–Crippen LogP) is 13.6. The SMILES string of the molecule is CC(=CC(C)=Nc1c(C(C)C)cccc1C(C)C)[N-]c1c(C(C)C)cccc1C(C)C.[CH2-]C(C)(C)C.[CH2-]C(C)(C)C.[Ti+3]. The van der Waals surface area contributed by atoms with Crippen molar-refractivity contribution in [1.82, 2.24) is 0 Å². The van der Waals surface area contributed by atoms with Gasteiger partial charge in [-0.15, -0.1) is 5.69 Å². The molecule has 2 aromatic rings. The van der Waals surface area contributed by atoms with Crippen LogP contribution in [0.15, 0.2) is 53.2 Å². The Bertz CT molecular complexity index is 1040. The Kier molecular flexibility index (Phi) is 19.1. The third-order valence-corrected chi connectivity index (χ3v) is 5.68. The molecule has 0 heterocycles. The van der Waals surface area contributed by atoms with Gasteiger partial charge in [-0.3, -0.25) is 4.99 Å². The fourth-order valence-corrected chi connectivity index (χ4v) is 4.00. The minimum Gasteiger partial charge on any atom is -0.661 e. The standard InChI is InChI=1S/C29H41N2.2C5H11.Ti/c1-18(2)24-13-11-14-25(19(3)4)28(24)30-22(9)17-23(10)31-29-26(20(5)6)15-12-16-27(29)21(7)8;2*1-5(2,3)4;/h11-21H,1-10H3;2*1H2,2-4H3;/q3*-1;+3. The van der Waals surface area contributed by atoms with Crippen LogP contribution in [0.25, 0.3) is 5.32 Å². The number of hydrogen-bond acceptors (Lipinski definition) is 1. The predicted molar refractivity (Wildman–Crippen MR) is 188 cm³/mol. The van der Waals surface area contributed by atoms with E-state index in [2.05, 4.69) is 167 Å². The van der Waals surface area contributed by atoms with Crippen LogP contribution in [-0.4, -0.2) is 5.71 Å². The molecule has 0 aliphatic heterocycles. The summed E-state index contributed by atoms with van der Waals surface area (Å²) >= 11 is 0. The summed E-state index contributed by atoms with van der Waals surface area (Å²) in [4.78, 5) is 5.08. The number of para-hydroxylation sites is 2. The van der Waals surface area contributed by atoms with Crippen LogP contribution in [0.2, 0.25) is 0 Å². The topological polar surface area (TPSA) is 26.5 Å². The van der Waals surface area contributed by atoms with E-state index in [9.17, 15) is 0 Å². The fourth-order valence-electron chi connectivity index (χ4n) is 4.00. The summed E-state index contributed by atoms with van der Waals surface area (Å²) in [6.45, 7) is 42.1. The van der Waals surface area contributed by atoms with Gasteiger partial charge in [0.15, 0.2) is 0 Å². The van der Waals surface area contributed by atoms with Gasteiger partial charge in [-0.2, -0.15) is 16.5 Å². The van der Waals surface area contributed by atoms with Gasteiger partial charge < -0.3 is 19.2 Å². The molecule has 0 aliphatic rings. The van der Waals surface area contributed by atoms with Crippen LogP contribution in [0.5, 0.6) is 0 Å². The van der Waals surface area contributed by atoms with Gasteiger partial charge in [0.25, 0.3) is 0 Å². The van der Waals surface area contributed by atoms with Crippen molar-refractivity contribution in [3.05, 3.63) is 89.6 Å². The van der Waals surface area contributed by atoms with Gasteiger partial charge in [-0.05, 0) is 41.7 Å². The molecule has 0 unspecified atom stereocenters. The van der Waals surface area contributed by atoms with E-state index in [0.717, 1.165) is 22.8 Å². The van der Waals surface area contributed by atoms with Crippen molar-refractivity contribution >= 4 is 17.1 Å². The van der Waals surface area contributed by atoms with Crippen LogP contribution in [-0.2, 0) is 21.7 Å². The molecule has 0 saturated heterocycles. The average Bonchev–Trinajstić information content (AvgIpc) is 2.76. The first-order valence-electron chi connectivity index (χ1n) is 15.4. The maximum Gasteiger partial charge on any atom is 3.00 e. The Morgan fingerprint density at radius 2 is 0.929 bits per heavy atom. The monoisotopic (exact) mass is 607 g/mol. The number of benzene rings is 2. The Morgan fingerprint density at radius 1 is 0.643 bits per heavy atom. The van der Waals surface area contributed by atoms with Gasteiger partial charge in [-0.1, -0.05) is 157 Å². The largest absolute Gasteiger partial charge is 3.00 e. The van der Waals surface area contributed by atoms with Crippen molar-refractivity contribution in [3.63, 3.8) is 0 Å². The van der Waals surface area contributed by atoms with Crippen LogP contribution < -0.4 is 0 Å². The molecule has 0 bridgehead atoms. The number of hydrogen-bond donors (Lipinski definition) is 0. The Balaban J connectivity index is 0. The first-order chi connectivity index (χ1) is 18.5. The Labute approximate surface area is 277 Å². The van der Waals surface area contributed by atoms with Gasteiger partial charge in [-0.25, -0.2) is 0 Å². The van der Waals surface area contributed by atoms with E-state index >= 15 is 0 Å². The third-order valence-electron chi connectivity index (χ3n) is 5.68. The summed E-state index contributed by atoms with van der Waals surface area (Å²) in [6, 6.07) is 13.1. The van der Waals surface area contributed by atoms with Crippen LogP contribution in [0.1, 0.15) is 157 Å². The van der Waals surface area contributed by atoms with Gasteiger partial charge in [0.05, 0.1) is 5.69 Å². The van der Waals surface area contributed by atoms with Gasteiger partial charge in [0.1, 0.15) is 0 Å². The van der Waals surface area contributed by atoms with Crippen LogP contribution >= 0.6 is 0 Å². The molecule has 2 rings (SSSR count). The summed E-state index contributed by atoms with van der Waals surface area (Å²) < 4.78 is 0. The molecule has 0 fully saturated rings. The molecule has 0 saturated carbocycles. The fraction of sp³-hybridized carbons (Fsp3) is 0.564. The van der Waals surface area contributed by atoms with E-state index in [1.54, 1.807) is 0 Å². The summed E-state index contributed by atoms with van der Waals surface area (Å²) in [5.41, 5.74) is 9.95. The molecule has 2 nitrogen and oxygen atoms in total. The quantitative estimate of drug-likeness (QED) is 0.162. The first kappa shape index (κ1) is 42.5. The minimum atomic E-state index is 0. The maximum absolute atomic E-state index is 5.08. The van der Waals surface area contributed by atoms with Crippen LogP contribution in [0.4, 0.5) is 11.4 Å². The summed E-state index contributed by atoms with van der Waals surface area (Å²) in [6.07, 6.45) is 2.11. The van der Waals surface area contributed by atoms with E-state index in [1.807, 2.05) is 0 Å². The second-order valence-corrected chi connectivity index (χ2v) is 15.0. The van der Waals surface area contributed by atoms with Crippen molar-refractivity contribution < 1.29 is 21.7 Å². The van der Waals surface area contributed by atoms with E-state index in [-0.39, 0.29) is 32.5 Å². The van der Waals surface area contributed by atoms with E-state index in [0.29, 0.717) is 23.7 Å². The molecular weight excluding hydrogens is 544 g/mol. The number of aliphatic imine (C=N–C) groups is 1. The smallest absolute Gasteiger partial charge is 0.661 e. The van der Waals surface area contributed by atoms with Gasteiger partial charge in [0, 0.05) is 5.71 Å². The second kappa shape index (κ2) is 18.9. The molecular formula is C39H63N2Ti. The van der Waals surface area contributed by atoms with Crippen molar-refractivity contribution in [1.29, 1.82) is 0 Å². The minimum absolute atomic E-state index is 0. The molecule has 42 heavy (non-hydrogen) atoms. The van der Waals surface area contributed by atoms with Crippen LogP contribution in [0.3, 0.4) is 0 Å². The zero-order valence-electron chi connectivity index (χ0n) is 30.2. The molecule has 0 aromatic heterocycles.